The van der Waals surface area contributed by atoms with E-state index in [-0.39, 0.29) is 23.5 Å². The van der Waals surface area contributed by atoms with Crippen molar-refractivity contribution in [3.05, 3.63) is 21.4 Å². The zero-order chi connectivity index (χ0) is 14.5. The summed E-state index contributed by atoms with van der Waals surface area (Å²) >= 11 is 1.73. The largest absolute Gasteiger partial charge is 0.392 e. The number of hydrogen-bond acceptors (Lipinski definition) is 3. The second-order valence-corrected chi connectivity index (χ2v) is 7.96. The molecule has 0 spiro atoms. The third-order valence-electron chi connectivity index (χ3n) is 5.17. The van der Waals surface area contributed by atoms with Crippen LogP contribution < -0.4 is 5.32 Å². The zero-order valence-electron chi connectivity index (χ0n) is 12.4. The summed E-state index contributed by atoms with van der Waals surface area (Å²) in [7, 11) is 0. The predicted molar refractivity (Wildman–Crippen MR) is 81.2 cm³/mol. The minimum atomic E-state index is -0.301. The SMILES string of the molecule is CC1CCc2c(C(=O)NC3CC(O)C3(C)C)csc2C1. The van der Waals surface area contributed by atoms with Crippen LogP contribution in [0.1, 0.15) is 54.4 Å². The van der Waals surface area contributed by atoms with Crippen molar-refractivity contribution in [3.8, 4) is 0 Å². The molecule has 3 atom stereocenters. The van der Waals surface area contributed by atoms with Gasteiger partial charge in [-0.25, -0.2) is 0 Å². The van der Waals surface area contributed by atoms with Gasteiger partial charge in [-0.3, -0.25) is 4.79 Å². The van der Waals surface area contributed by atoms with Crippen LogP contribution >= 0.6 is 11.3 Å². The van der Waals surface area contributed by atoms with Gasteiger partial charge >= 0.3 is 0 Å². The number of aliphatic hydroxyl groups excluding tert-OH is 1. The van der Waals surface area contributed by atoms with Gasteiger partial charge in [-0.1, -0.05) is 20.8 Å². The van der Waals surface area contributed by atoms with E-state index in [1.807, 2.05) is 19.2 Å². The number of thiophene rings is 1. The second kappa shape index (κ2) is 4.85. The number of aliphatic hydroxyl groups is 1. The molecular formula is C16H23NO2S. The second-order valence-electron chi connectivity index (χ2n) is 7.00. The minimum Gasteiger partial charge on any atom is -0.392 e. The molecule has 0 radical (unpaired) electrons. The molecule has 3 unspecified atom stereocenters. The van der Waals surface area contributed by atoms with E-state index in [2.05, 4.69) is 12.2 Å². The normalized spacial score (nSPS) is 31.3. The highest BCUT2D eigenvalue weighted by molar-refractivity contribution is 7.10. The fourth-order valence-corrected chi connectivity index (χ4v) is 4.50. The maximum Gasteiger partial charge on any atom is 0.252 e. The highest BCUT2D eigenvalue weighted by Gasteiger charge is 2.48. The molecule has 3 nitrogen and oxygen atoms in total. The van der Waals surface area contributed by atoms with Gasteiger partial charge in [-0.2, -0.15) is 0 Å². The van der Waals surface area contributed by atoms with E-state index in [9.17, 15) is 9.90 Å². The first-order chi connectivity index (χ1) is 9.39. The Bertz CT molecular complexity index is 535. The van der Waals surface area contributed by atoms with E-state index in [1.165, 1.54) is 16.9 Å². The van der Waals surface area contributed by atoms with Crippen LogP contribution in [-0.4, -0.2) is 23.2 Å². The average Bonchev–Trinajstić information content (AvgIpc) is 2.81. The quantitative estimate of drug-likeness (QED) is 0.881. The molecule has 1 saturated carbocycles. The number of nitrogens with one attached hydrogen (secondary N) is 1. The van der Waals surface area contributed by atoms with Crippen LogP contribution in [-0.2, 0) is 12.8 Å². The Morgan fingerprint density at radius 1 is 1.50 bits per heavy atom. The minimum absolute atomic E-state index is 0.0435. The van der Waals surface area contributed by atoms with Gasteiger partial charge in [0, 0.05) is 21.7 Å². The Kier molecular flexibility index (Phi) is 3.41. The summed E-state index contributed by atoms with van der Waals surface area (Å²) in [5.41, 5.74) is 1.93. The van der Waals surface area contributed by atoms with E-state index < -0.39 is 0 Å². The Labute approximate surface area is 124 Å². The molecule has 2 aliphatic carbocycles. The Hall–Kier alpha value is -0.870. The molecule has 0 bridgehead atoms. The van der Waals surface area contributed by atoms with E-state index in [1.54, 1.807) is 11.3 Å². The molecule has 0 saturated heterocycles. The standard InChI is InChI=1S/C16H23NO2S/c1-9-4-5-10-11(8-20-12(10)6-9)15(19)17-13-7-14(18)16(13,2)3/h8-9,13-14,18H,4-7H2,1-3H3,(H,17,19). The zero-order valence-corrected chi connectivity index (χ0v) is 13.2. The van der Waals surface area contributed by atoms with Crippen LogP contribution in [0.2, 0.25) is 0 Å². The van der Waals surface area contributed by atoms with Gasteiger partial charge in [0.05, 0.1) is 11.7 Å². The molecule has 1 amide bonds. The van der Waals surface area contributed by atoms with Gasteiger partial charge < -0.3 is 10.4 Å². The molecular weight excluding hydrogens is 270 g/mol. The van der Waals surface area contributed by atoms with Crippen molar-refractivity contribution in [2.45, 2.75) is 58.6 Å². The summed E-state index contributed by atoms with van der Waals surface area (Å²) in [4.78, 5) is 13.9. The molecule has 1 aromatic heterocycles. The van der Waals surface area contributed by atoms with Crippen molar-refractivity contribution < 1.29 is 9.90 Å². The fourth-order valence-electron chi connectivity index (χ4n) is 3.25. The lowest BCUT2D eigenvalue weighted by molar-refractivity contribution is -0.0689. The first kappa shape index (κ1) is 14.1. The van der Waals surface area contributed by atoms with Crippen molar-refractivity contribution in [1.29, 1.82) is 0 Å². The van der Waals surface area contributed by atoms with Gasteiger partial charge in [-0.05, 0) is 37.2 Å². The van der Waals surface area contributed by atoms with E-state index in [0.29, 0.717) is 6.42 Å². The number of amides is 1. The molecule has 2 aliphatic rings. The van der Waals surface area contributed by atoms with Crippen LogP contribution in [0.4, 0.5) is 0 Å². The third-order valence-corrected chi connectivity index (χ3v) is 6.22. The summed E-state index contributed by atoms with van der Waals surface area (Å²) in [6.45, 7) is 6.30. The van der Waals surface area contributed by atoms with Crippen molar-refractivity contribution in [3.63, 3.8) is 0 Å². The summed E-state index contributed by atoms with van der Waals surface area (Å²) in [6.07, 6.45) is 3.69. The van der Waals surface area contributed by atoms with E-state index in [0.717, 1.165) is 24.3 Å². The monoisotopic (exact) mass is 293 g/mol. The summed E-state index contributed by atoms with van der Waals surface area (Å²) < 4.78 is 0. The van der Waals surface area contributed by atoms with Gasteiger partial charge in [-0.15, -0.1) is 11.3 Å². The predicted octanol–water partition coefficient (Wildman–Crippen LogP) is 2.76. The van der Waals surface area contributed by atoms with Crippen molar-refractivity contribution >= 4 is 17.2 Å². The van der Waals surface area contributed by atoms with Crippen molar-refractivity contribution in [2.75, 3.05) is 0 Å². The van der Waals surface area contributed by atoms with E-state index in [4.69, 9.17) is 0 Å². The summed E-state index contributed by atoms with van der Waals surface area (Å²) in [5, 5.41) is 14.9. The highest BCUT2D eigenvalue weighted by atomic mass is 32.1. The van der Waals surface area contributed by atoms with Gasteiger partial charge in [0.15, 0.2) is 0 Å². The van der Waals surface area contributed by atoms with Gasteiger partial charge in [0.1, 0.15) is 0 Å². The Morgan fingerprint density at radius 3 is 2.90 bits per heavy atom. The topological polar surface area (TPSA) is 49.3 Å². The first-order valence-electron chi connectivity index (χ1n) is 7.47. The number of carbonyl (C=O) groups excluding carboxylic acids is 1. The Balaban J connectivity index is 1.73. The number of carbonyl (C=O) groups is 1. The molecule has 3 rings (SSSR count). The maximum atomic E-state index is 12.5. The lowest BCUT2D eigenvalue weighted by Crippen LogP contribution is -2.61. The molecule has 1 heterocycles. The molecule has 0 aliphatic heterocycles. The van der Waals surface area contributed by atoms with Gasteiger partial charge in [0.2, 0.25) is 0 Å². The average molecular weight is 293 g/mol. The molecule has 110 valence electrons. The number of hydrogen-bond donors (Lipinski definition) is 2. The van der Waals surface area contributed by atoms with Crippen molar-refractivity contribution in [1.82, 2.24) is 5.32 Å². The van der Waals surface area contributed by atoms with Crippen molar-refractivity contribution in [2.24, 2.45) is 11.3 Å². The lowest BCUT2D eigenvalue weighted by Gasteiger charge is -2.49. The van der Waals surface area contributed by atoms with Gasteiger partial charge in [0.25, 0.3) is 5.91 Å². The first-order valence-corrected chi connectivity index (χ1v) is 8.35. The fraction of sp³-hybridized carbons (Fsp3) is 0.688. The van der Waals surface area contributed by atoms with Crippen LogP contribution in [0.5, 0.6) is 0 Å². The smallest absolute Gasteiger partial charge is 0.252 e. The summed E-state index contributed by atoms with van der Waals surface area (Å²) in [5.74, 6) is 0.778. The molecule has 0 aromatic carbocycles. The highest BCUT2D eigenvalue weighted by Crippen LogP contribution is 2.41. The molecule has 1 aromatic rings. The van der Waals surface area contributed by atoms with Crippen LogP contribution in [0.3, 0.4) is 0 Å². The molecule has 4 heteroatoms. The Morgan fingerprint density at radius 2 is 2.25 bits per heavy atom. The maximum absolute atomic E-state index is 12.5. The summed E-state index contributed by atoms with van der Waals surface area (Å²) in [6, 6.07) is 0.0862. The van der Waals surface area contributed by atoms with Crippen LogP contribution in [0.15, 0.2) is 5.38 Å². The number of rotatable bonds is 2. The van der Waals surface area contributed by atoms with E-state index >= 15 is 0 Å². The van der Waals surface area contributed by atoms with Crippen LogP contribution in [0.25, 0.3) is 0 Å². The third kappa shape index (κ3) is 2.19. The van der Waals surface area contributed by atoms with Crippen LogP contribution in [0, 0.1) is 11.3 Å². The lowest BCUT2D eigenvalue weighted by atomic mass is 9.64. The molecule has 20 heavy (non-hydrogen) atoms. The number of fused-ring (bicyclic) bond motifs is 1. The molecule has 1 fully saturated rings. The molecule has 2 N–H and O–H groups in total.